The number of aliphatic hydroxyl groups is 2. The van der Waals surface area contributed by atoms with Gasteiger partial charge in [0, 0.05) is 29.9 Å². The standard InChI is InChI=1S/C21H25ClN4O4/c1-4-26(5-2)19-9-14(8-13(3)23-19)21-24-20(25-30-21)17-7-6-16(10-18(17)22)29-12-15(28)11-27/h6-10,15,27-28H,4-5,11-12H2,1-3H3/t15-/m0/s1. The summed E-state index contributed by atoms with van der Waals surface area (Å²) in [6.45, 7) is 7.38. The zero-order chi connectivity index (χ0) is 21.7. The summed E-state index contributed by atoms with van der Waals surface area (Å²) in [6, 6.07) is 8.84. The number of pyridine rings is 1. The van der Waals surface area contributed by atoms with Gasteiger partial charge in [-0.25, -0.2) is 4.98 Å². The van der Waals surface area contributed by atoms with E-state index in [1.807, 2.05) is 19.1 Å². The predicted molar refractivity (Wildman–Crippen MR) is 115 cm³/mol. The molecule has 2 heterocycles. The lowest BCUT2D eigenvalue weighted by Crippen LogP contribution is -2.23. The van der Waals surface area contributed by atoms with Crippen molar-refractivity contribution in [2.75, 3.05) is 31.2 Å². The Labute approximate surface area is 180 Å². The topological polar surface area (TPSA) is 105 Å². The van der Waals surface area contributed by atoms with E-state index in [0.29, 0.717) is 28.1 Å². The molecule has 0 spiro atoms. The molecule has 1 aromatic carbocycles. The van der Waals surface area contributed by atoms with Crippen LogP contribution in [0.25, 0.3) is 22.8 Å². The number of benzene rings is 1. The molecule has 2 N–H and O–H groups in total. The molecule has 0 aliphatic rings. The molecule has 3 aromatic rings. The summed E-state index contributed by atoms with van der Waals surface area (Å²) in [7, 11) is 0. The van der Waals surface area contributed by atoms with E-state index >= 15 is 0 Å². The molecule has 0 amide bonds. The van der Waals surface area contributed by atoms with E-state index in [2.05, 4.69) is 33.9 Å². The van der Waals surface area contributed by atoms with Gasteiger partial charge in [-0.3, -0.25) is 0 Å². The van der Waals surface area contributed by atoms with Crippen LogP contribution in [0.5, 0.6) is 5.75 Å². The van der Waals surface area contributed by atoms with Gasteiger partial charge in [-0.1, -0.05) is 16.8 Å². The number of ether oxygens (including phenoxy) is 1. The fraction of sp³-hybridized carbons (Fsp3) is 0.381. The largest absolute Gasteiger partial charge is 0.491 e. The van der Waals surface area contributed by atoms with Crippen molar-refractivity contribution in [3.8, 4) is 28.6 Å². The van der Waals surface area contributed by atoms with E-state index in [0.717, 1.165) is 30.2 Å². The molecule has 8 nitrogen and oxygen atoms in total. The fourth-order valence-corrected chi connectivity index (χ4v) is 3.20. The molecule has 0 bridgehead atoms. The highest BCUT2D eigenvalue weighted by atomic mass is 35.5. The number of aryl methyl sites for hydroxylation is 1. The number of anilines is 1. The molecule has 0 aliphatic carbocycles. The van der Waals surface area contributed by atoms with Crippen molar-refractivity contribution in [1.29, 1.82) is 0 Å². The second kappa shape index (κ2) is 9.88. The molecule has 0 radical (unpaired) electrons. The molecule has 0 fully saturated rings. The quantitative estimate of drug-likeness (QED) is 0.530. The van der Waals surface area contributed by atoms with E-state index < -0.39 is 6.10 Å². The molecule has 30 heavy (non-hydrogen) atoms. The van der Waals surface area contributed by atoms with E-state index in [1.54, 1.807) is 18.2 Å². The lowest BCUT2D eigenvalue weighted by molar-refractivity contribution is 0.0536. The fourth-order valence-electron chi connectivity index (χ4n) is 2.95. The third-order valence-corrected chi connectivity index (χ3v) is 4.85. The van der Waals surface area contributed by atoms with Gasteiger partial charge in [-0.05, 0) is 51.1 Å². The maximum Gasteiger partial charge on any atom is 0.258 e. The minimum absolute atomic E-state index is 0.0329. The summed E-state index contributed by atoms with van der Waals surface area (Å²) < 4.78 is 10.9. The number of hydrogen-bond acceptors (Lipinski definition) is 8. The van der Waals surface area contributed by atoms with Crippen LogP contribution in [0, 0.1) is 6.92 Å². The van der Waals surface area contributed by atoms with Gasteiger partial charge in [-0.15, -0.1) is 0 Å². The maximum absolute atomic E-state index is 9.39. The molecule has 0 saturated heterocycles. The van der Waals surface area contributed by atoms with Crippen molar-refractivity contribution in [1.82, 2.24) is 15.1 Å². The minimum Gasteiger partial charge on any atom is -0.491 e. The van der Waals surface area contributed by atoms with Crippen LogP contribution < -0.4 is 9.64 Å². The summed E-state index contributed by atoms with van der Waals surface area (Å²) in [4.78, 5) is 11.2. The van der Waals surface area contributed by atoms with Gasteiger partial charge < -0.3 is 24.4 Å². The Kier molecular flexibility index (Phi) is 7.25. The molecule has 0 aliphatic heterocycles. The molecular weight excluding hydrogens is 408 g/mol. The van der Waals surface area contributed by atoms with E-state index in [-0.39, 0.29) is 13.2 Å². The Morgan fingerprint density at radius 3 is 2.60 bits per heavy atom. The van der Waals surface area contributed by atoms with Crippen molar-refractivity contribution in [2.24, 2.45) is 0 Å². The molecule has 3 rings (SSSR count). The van der Waals surface area contributed by atoms with Crippen LogP contribution in [0.1, 0.15) is 19.5 Å². The number of rotatable bonds is 9. The van der Waals surface area contributed by atoms with Gasteiger partial charge >= 0.3 is 0 Å². The zero-order valence-electron chi connectivity index (χ0n) is 17.2. The van der Waals surface area contributed by atoms with Crippen LogP contribution in [-0.2, 0) is 0 Å². The summed E-state index contributed by atoms with van der Waals surface area (Å²) >= 11 is 6.37. The van der Waals surface area contributed by atoms with Gasteiger partial charge in [0.2, 0.25) is 5.82 Å². The lowest BCUT2D eigenvalue weighted by Gasteiger charge is -2.20. The summed E-state index contributed by atoms with van der Waals surface area (Å²) in [5, 5.41) is 22.7. The second-order valence-corrected chi connectivity index (χ2v) is 7.15. The third kappa shape index (κ3) is 5.08. The Hall–Kier alpha value is -2.68. The van der Waals surface area contributed by atoms with Crippen molar-refractivity contribution in [2.45, 2.75) is 26.9 Å². The molecule has 1 atom stereocenters. The highest BCUT2D eigenvalue weighted by Gasteiger charge is 2.16. The van der Waals surface area contributed by atoms with Crippen molar-refractivity contribution >= 4 is 17.4 Å². The molecule has 0 saturated carbocycles. The molecule has 9 heteroatoms. The van der Waals surface area contributed by atoms with Crippen LogP contribution in [0.2, 0.25) is 5.02 Å². The normalized spacial score (nSPS) is 12.1. The number of hydrogen-bond donors (Lipinski definition) is 2. The van der Waals surface area contributed by atoms with Crippen molar-refractivity contribution in [3.05, 3.63) is 41.0 Å². The number of halogens is 1. The smallest absolute Gasteiger partial charge is 0.258 e. The van der Waals surface area contributed by atoms with Gasteiger partial charge in [0.25, 0.3) is 5.89 Å². The molecule has 160 valence electrons. The highest BCUT2D eigenvalue weighted by Crippen LogP contribution is 2.31. The Morgan fingerprint density at radius 1 is 1.17 bits per heavy atom. The number of nitrogens with zero attached hydrogens (tertiary/aromatic N) is 4. The predicted octanol–water partition coefficient (Wildman–Crippen LogP) is 3.34. The maximum atomic E-state index is 9.39. The van der Waals surface area contributed by atoms with Crippen LogP contribution >= 0.6 is 11.6 Å². The van der Waals surface area contributed by atoms with Crippen LogP contribution in [0.4, 0.5) is 5.82 Å². The monoisotopic (exact) mass is 432 g/mol. The Bertz CT molecular complexity index is 991. The van der Waals surface area contributed by atoms with Crippen LogP contribution in [-0.4, -0.2) is 57.7 Å². The van der Waals surface area contributed by atoms with Crippen LogP contribution in [0.3, 0.4) is 0 Å². The number of aromatic nitrogens is 3. The molecule has 2 aromatic heterocycles. The third-order valence-electron chi connectivity index (χ3n) is 4.53. The van der Waals surface area contributed by atoms with Gasteiger partial charge in [0.05, 0.1) is 11.6 Å². The first-order chi connectivity index (χ1) is 14.4. The van der Waals surface area contributed by atoms with Crippen molar-refractivity contribution < 1.29 is 19.5 Å². The Morgan fingerprint density at radius 2 is 1.93 bits per heavy atom. The molecular formula is C21H25ClN4O4. The summed E-state index contributed by atoms with van der Waals surface area (Å²) in [5.41, 5.74) is 2.24. The van der Waals surface area contributed by atoms with Gasteiger partial charge in [0.1, 0.15) is 24.3 Å². The minimum atomic E-state index is -0.951. The van der Waals surface area contributed by atoms with Gasteiger partial charge in [0.15, 0.2) is 0 Å². The van der Waals surface area contributed by atoms with Crippen LogP contribution in [0.15, 0.2) is 34.9 Å². The average Bonchev–Trinajstić information content (AvgIpc) is 3.22. The molecule has 0 unspecified atom stereocenters. The summed E-state index contributed by atoms with van der Waals surface area (Å²) in [5.74, 6) is 2.06. The second-order valence-electron chi connectivity index (χ2n) is 6.74. The Balaban J connectivity index is 1.85. The van der Waals surface area contributed by atoms with E-state index in [9.17, 15) is 5.11 Å². The van der Waals surface area contributed by atoms with Gasteiger partial charge in [-0.2, -0.15) is 4.98 Å². The van der Waals surface area contributed by atoms with E-state index in [1.165, 1.54) is 0 Å². The summed E-state index contributed by atoms with van der Waals surface area (Å²) in [6.07, 6.45) is -0.951. The first kappa shape index (κ1) is 22.0. The first-order valence-electron chi connectivity index (χ1n) is 9.74. The first-order valence-corrected chi connectivity index (χ1v) is 10.1. The van der Waals surface area contributed by atoms with Crippen molar-refractivity contribution in [3.63, 3.8) is 0 Å². The average molecular weight is 433 g/mol. The SMILES string of the molecule is CCN(CC)c1cc(-c2nc(-c3ccc(OC[C@@H](O)CO)cc3Cl)no2)cc(C)n1. The zero-order valence-corrected chi connectivity index (χ0v) is 17.9. The highest BCUT2D eigenvalue weighted by molar-refractivity contribution is 6.33. The number of aliphatic hydroxyl groups excluding tert-OH is 2. The lowest BCUT2D eigenvalue weighted by atomic mass is 10.2. The van der Waals surface area contributed by atoms with E-state index in [4.69, 9.17) is 26.0 Å².